The molecular formula is C51H44N2. The molecule has 0 saturated heterocycles. The van der Waals surface area contributed by atoms with Gasteiger partial charge in [-0.2, -0.15) is 0 Å². The highest BCUT2D eigenvalue weighted by molar-refractivity contribution is 5.85. The zero-order valence-electron chi connectivity index (χ0n) is 30.7. The average molecular weight is 685 g/mol. The van der Waals surface area contributed by atoms with Gasteiger partial charge in [-0.15, -0.1) is 0 Å². The van der Waals surface area contributed by atoms with Crippen LogP contribution in [0.1, 0.15) is 29.5 Å². The summed E-state index contributed by atoms with van der Waals surface area (Å²) in [6, 6.07) is 61.5. The monoisotopic (exact) mass is 684 g/mol. The van der Waals surface area contributed by atoms with Crippen molar-refractivity contribution in [1.29, 1.82) is 0 Å². The van der Waals surface area contributed by atoms with E-state index in [0.717, 1.165) is 35.6 Å². The molecule has 258 valence electrons. The van der Waals surface area contributed by atoms with Gasteiger partial charge in [-0.25, -0.2) is 0 Å². The van der Waals surface area contributed by atoms with Gasteiger partial charge in [-0.05, 0) is 131 Å². The number of aryl methyl sites for hydroxylation is 2. The van der Waals surface area contributed by atoms with Crippen LogP contribution in [0, 0.1) is 13.8 Å². The lowest BCUT2D eigenvalue weighted by atomic mass is 9.95. The van der Waals surface area contributed by atoms with Crippen molar-refractivity contribution in [3.05, 3.63) is 205 Å². The van der Waals surface area contributed by atoms with E-state index in [-0.39, 0.29) is 0 Å². The molecule has 0 radical (unpaired) electrons. The predicted octanol–water partition coefficient (Wildman–Crippen LogP) is 14.3. The van der Waals surface area contributed by atoms with E-state index < -0.39 is 0 Å². The maximum absolute atomic E-state index is 2.37. The highest BCUT2D eigenvalue weighted by Gasteiger charge is 2.17. The van der Waals surface area contributed by atoms with Gasteiger partial charge in [0.1, 0.15) is 0 Å². The first-order chi connectivity index (χ1) is 26.0. The number of benzene rings is 7. The summed E-state index contributed by atoms with van der Waals surface area (Å²) in [5.41, 5.74) is 18.1. The molecule has 1 aliphatic carbocycles. The Morgan fingerprint density at radius 1 is 0.415 bits per heavy atom. The Hall–Kier alpha value is -6.38. The predicted molar refractivity (Wildman–Crippen MR) is 228 cm³/mol. The van der Waals surface area contributed by atoms with Gasteiger partial charge in [0.15, 0.2) is 0 Å². The van der Waals surface area contributed by atoms with Crippen LogP contribution in [0.2, 0.25) is 0 Å². The first-order valence-corrected chi connectivity index (χ1v) is 18.6. The molecule has 2 nitrogen and oxygen atoms in total. The van der Waals surface area contributed by atoms with E-state index in [0.29, 0.717) is 0 Å². The van der Waals surface area contributed by atoms with Crippen molar-refractivity contribution in [3.63, 3.8) is 0 Å². The topological polar surface area (TPSA) is 6.48 Å². The third kappa shape index (κ3) is 7.09. The Morgan fingerprint density at radius 2 is 0.925 bits per heavy atom. The van der Waals surface area contributed by atoms with Crippen LogP contribution in [-0.4, -0.2) is 7.05 Å². The summed E-state index contributed by atoms with van der Waals surface area (Å²) in [6.07, 6.45) is 9.07. The number of rotatable bonds is 9. The Kier molecular flexibility index (Phi) is 9.60. The molecule has 2 heteroatoms. The van der Waals surface area contributed by atoms with Crippen LogP contribution in [-0.2, 0) is 0 Å². The largest absolute Gasteiger partial charge is 0.344 e. The highest BCUT2D eigenvalue weighted by atomic mass is 15.1. The van der Waals surface area contributed by atoms with Crippen molar-refractivity contribution >= 4 is 34.0 Å². The SMILES string of the molecule is Cc1cc(N(C)c2ccccc2-c2ccccc2)ccc1-c1ccc(N(c2ccc(C3=CCCC=C3)cc2)c2ccc(-c3ccccc3)cc2)cc1C. The van der Waals surface area contributed by atoms with E-state index in [1.807, 2.05) is 0 Å². The van der Waals surface area contributed by atoms with Crippen LogP contribution >= 0.6 is 0 Å². The smallest absolute Gasteiger partial charge is 0.0487 e. The van der Waals surface area contributed by atoms with Crippen molar-refractivity contribution < 1.29 is 0 Å². The number of allylic oxidation sites excluding steroid dienone is 4. The van der Waals surface area contributed by atoms with Crippen molar-refractivity contribution in [2.24, 2.45) is 0 Å². The Balaban J connectivity index is 1.12. The molecule has 0 aliphatic heterocycles. The van der Waals surface area contributed by atoms with Gasteiger partial charge >= 0.3 is 0 Å². The zero-order chi connectivity index (χ0) is 36.1. The van der Waals surface area contributed by atoms with Gasteiger partial charge < -0.3 is 9.80 Å². The van der Waals surface area contributed by atoms with Crippen LogP contribution in [0.15, 0.2) is 188 Å². The van der Waals surface area contributed by atoms with Gasteiger partial charge in [0.05, 0.1) is 0 Å². The molecule has 0 heterocycles. The molecule has 53 heavy (non-hydrogen) atoms. The first-order valence-electron chi connectivity index (χ1n) is 18.6. The van der Waals surface area contributed by atoms with Crippen molar-refractivity contribution in [2.75, 3.05) is 16.8 Å². The summed E-state index contributed by atoms with van der Waals surface area (Å²) in [4.78, 5) is 4.66. The molecule has 0 bridgehead atoms. The average Bonchev–Trinajstić information content (AvgIpc) is 3.22. The maximum atomic E-state index is 2.37. The molecule has 0 unspecified atom stereocenters. The lowest BCUT2D eigenvalue weighted by molar-refractivity contribution is 1.04. The molecular weight excluding hydrogens is 641 g/mol. The summed E-state index contributed by atoms with van der Waals surface area (Å²) in [5.74, 6) is 0. The molecule has 7 aromatic rings. The number of anilines is 5. The lowest BCUT2D eigenvalue weighted by Crippen LogP contribution is -2.11. The summed E-state index contributed by atoms with van der Waals surface area (Å²) < 4.78 is 0. The van der Waals surface area contributed by atoms with E-state index in [4.69, 9.17) is 0 Å². The molecule has 1 aliphatic rings. The van der Waals surface area contributed by atoms with E-state index in [1.165, 1.54) is 61.3 Å². The zero-order valence-corrected chi connectivity index (χ0v) is 30.7. The standard InChI is InChI=1S/C51H44N2/c1-37-35-46(52(3)51-22-14-13-21-50(51)43-19-11-6-12-20-43)31-33-48(37)49-34-32-47(36-38(49)2)53(44-27-23-41(24-28-44)39-15-7-4-8-16-39)45-29-25-42(26-30-45)40-17-9-5-10-18-40/h4,6-9,11-36H,5,10H2,1-3H3. The summed E-state index contributed by atoms with van der Waals surface area (Å²) in [7, 11) is 2.16. The normalized spacial score (nSPS) is 12.3. The minimum atomic E-state index is 1.10. The van der Waals surface area contributed by atoms with E-state index in [9.17, 15) is 0 Å². The van der Waals surface area contributed by atoms with Crippen LogP contribution in [0.25, 0.3) is 39.0 Å². The number of para-hydroxylation sites is 1. The van der Waals surface area contributed by atoms with Crippen LogP contribution < -0.4 is 9.80 Å². The minimum Gasteiger partial charge on any atom is -0.344 e. The first kappa shape index (κ1) is 33.7. The van der Waals surface area contributed by atoms with Gasteiger partial charge in [-0.3, -0.25) is 0 Å². The van der Waals surface area contributed by atoms with Crippen molar-refractivity contribution in [2.45, 2.75) is 26.7 Å². The lowest BCUT2D eigenvalue weighted by Gasteiger charge is -2.27. The number of nitrogens with zero attached hydrogens (tertiary/aromatic N) is 2. The third-order valence-electron chi connectivity index (χ3n) is 10.4. The second-order valence-corrected chi connectivity index (χ2v) is 13.9. The second kappa shape index (κ2) is 15.1. The number of hydrogen-bond acceptors (Lipinski definition) is 2. The van der Waals surface area contributed by atoms with Crippen molar-refractivity contribution in [3.8, 4) is 33.4 Å². The van der Waals surface area contributed by atoms with E-state index in [2.05, 4.69) is 219 Å². The van der Waals surface area contributed by atoms with Gasteiger partial charge in [0.25, 0.3) is 0 Å². The molecule has 0 aromatic heterocycles. The quantitative estimate of drug-likeness (QED) is 0.149. The van der Waals surface area contributed by atoms with Crippen LogP contribution in [0.3, 0.4) is 0 Å². The molecule has 0 N–H and O–H groups in total. The molecule has 0 amide bonds. The maximum Gasteiger partial charge on any atom is 0.0487 e. The Labute approximate surface area is 314 Å². The molecule has 0 fully saturated rings. The minimum absolute atomic E-state index is 1.10. The van der Waals surface area contributed by atoms with E-state index in [1.54, 1.807) is 0 Å². The second-order valence-electron chi connectivity index (χ2n) is 13.9. The van der Waals surface area contributed by atoms with Crippen LogP contribution in [0.5, 0.6) is 0 Å². The van der Waals surface area contributed by atoms with Gasteiger partial charge in [0, 0.05) is 41.0 Å². The summed E-state index contributed by atoms with van der Waals surface area (Å²) in [5, 5.41) is 0. The number of hydrogen-bond donors (Lipinski definition) is 0. The fraction of sp³-hybridized carbons (Fsp3) is 0.0980. The van der Waals surface area contributed by atoms with Gasteiger partial charge in [-0.1, -0.05) is 133 Å². The Bertz CT molecular complexity index is 2400. The third-order valence-corrected chi connectivity index (χ3v) is 10.4. The fourth-order valence-corrected chi connectivity index (χ4v) is 7.53. The molecule has 0 spiro atoms. The van der Waals surface area contributed by atoms with Crippen LogP contribution in [0.4, 0.5) is 28.4 Å². The van der Waals surface area contributed by atoms with E-state index >= 15 is 0 Å². The highest BCUT2D eigenvalue weighted by Crippen LogP contribution is 2.40. The Morgan fingerprint density at radius 3 is 1.53 bits per heavy atom. The summed E-state index contributed by atoms with van der Waals surface area (Å²) >= 11 is 0. The molecule has 7 aromatic carbocycles. The molecule has 0 saturated carbocycles. The summed E-state index contributed by atoms with van der Waals surface area (Å²) in [6.45, 7) is 4.46. The molecule has 8 rings (SSSR count). The van der Waals surface area contributed by atoms with Gasteiger partial charge in [0.2, 0.25) is 0 Å². The fourth-order valence-electron chi connectivity index (χ4n) is 7.53. The molecule has 0 atom stereocenters. The van der Waals surface area contributed by atoms with Crippen molar-refractivity contribution in [1.82, 2.24) is 0 Å².